The van der Waals surface area contributed by atoms with Gasteiger partial charge >= 0.3 is 0 Å². The number of rotatable bonds is 2. The standard InChI is InChI=1S/C11H12BrN5O/c1-6-4-7(2)14-11(13-6)15-10(18)9-8(12)5-17(3)16-9/h4-5H,1-3H3,(H,13,14,15,18). The number of halogens is 1. The number of hydrogen-bond acceptors (Lipinski definition) is 4. The summed E-state index contributed by atoms with van der Waals surface area (Å²) < 4.78 is 2.19. The number of carbonyl (C=O) groups is 1. The normalized spacial score (nSPS) is 10.4. The molecule has 1 amide bonds. The van der Waals surface area contributed by atoms with Gasteiger partial charge in [-0.05, 0) is 35.8 Å². The molecule has 0 bridgehead atoms. The Kier molecular flexibility index (Phi) is 3.42. The molecule has 0 aliphatic rings. The molecule has 0 atom stereocenters. The molecule has 2 heterocycles. The fourth-order valence-corrected chi connectivity index (χ4v) is 2.11. The van der Waals surface area contributed by atoms with Crippen LogP contribution in [-0.4, -0.2) is 25.7 Å². The van der Waals surface area contributed by atoms with Gasteiger partial charge in [0, 0.05) is 24.6 Å². The summed E-state index contributed by atoms with van der Waals surface area (Å²) in [6, 6.07) is 1.84. The number of carbonyl (C=O) groups excluding carboxylic acids is 1. The quantitative estimate of drug-likeness (QED) is 0.918. The molecule has 94 valence electrons. The summed E-state index contributed by atoms with van der Waals surface area (Å²) in [5, 5.41) is 6.68. The van der Waals surface area contributed by atoms with Crippen LogP contribution in [0, 0.1) is 13.8 Å². The lowest BCUT2D eigenvalue weighted by Crippen LogP contribution is -2.16. The molecule has 0 radical (unpaired) electrons. The van der Waals surface area contributed by atoms with E-state index in [0.717, 1.165) is 11.4 Å². The minimum Gasteiger partial charge on any atom is -0.289 e. The second-order valence-electron chi connectivity index (χ2n) is 3.93. The Morgan fingerprint density at radius 1 is 1.33 bits per heavy atom. The first-order chi connectivity index (χ1) is 8.45. The third-order valence-electron chi connectivity index (χ3n) is 2.21. The third kappa shape index (κ3) is 2.73. The first-order valence-corrected chi connectivity index (χ1v) is 6.08. The fraction of sp³-hybridized carbons (Fsp3) is 0.273. The predicted molar refractivity (Wildman–Crippen MR) is 70.4 cm³/mol. The Morgan fingerprint density at radius 2 is 1.94 bits per heavy atom. The van der Waals surface area contributed by atoms with Crippen molar-refractivity contribution < 1.29 is 4.79 Å². The maximum absolute atomic E-state index is 12.0. The molecule has 2 aromatic heterocycles. The van der Waals surface area contributed by atoms with Gasteiger partial charge in [0.1, 0.15) is 0 Å². The van der Waals surface area contributed by atoms with Gasteiger partial charge in [-0.25, -0.2) is 9.97 Å². The van der Waals surface area contributed by atoms with Crippen LogP contribution in [0.25, 0.3) is 0 Å². The molecule has 0 fully saturated rings. The zero-order valence-corrected chi connectivity index (χ0v) is 11.8. The molecule has 6 nitrogen and oxygen atoms in total. The van der Waals surface area contributed by atoms with E-state index < -0.39 is 0 Å². The van der Waals surface area contributed by atoms with Crippen LogP contribution in [0.2, 0.25) is 0 Å². The third-order valence-corrected chi connectivity index (χ3v) is 2.79. The van der Waals surface area contributed by atoms with Gasteiger partial charge in [-0.15, -0.1) is 0 Å². The monoisotopic (exact) mass is 309 g/mol. The lowest BCUT2D eigenvalue weighted by molar-refractivity contribution is 0.102. The molecule has 2 rings (SSSR count). The number of hydrogen-bond donors (Lipinski definition) is 1. The Balaban J connectivity index is 2.23. The van der Waals surface area contributed by atoms with E-state index in [-0.39, 0.29) is 11.9 Å². The van der Waals surface area contributed by atoms with Crippen molar-refractivity contribution in [1.82, 2.24) is 19.7 Å². The first-order valence-electron chi connectivity index (χ1n) is 5.28. The molecule has 0 saturated heterocycles. The molecular weight excluding hydrogens is 298 g/mol. The maximum Gasteiger partial charge on any atom is 0.279 e. The van der Waals surface area contributed by atoms with Gasteiger partial charge in [-0.1, -0.05) is 0 Å². The number of aryl methyl sites for hydroxylation is 3. The van der Waals surface area contributed by atoms with Gasteiger partial charge in [-0.2, -0.15) is 5.10 Å². The van der Waals surface area contributed by atoms with Crippen molar-refractivity contribution in [3.8, 4) is 0 Å². The van der Waals surface area contributed by atoms with Crippen LogP contribution >= 0.6 is 15.9 Å². The van der Waals surface area contributed by atoms with Crippen molar-refractivity contribution in [2.45, 2.75) is 13.8 Å². The van der Waals surface area contributed by atoms with Crippen LogP contribution in [0.5, 0.6) is 0 Å². The zero-order valence-electron chi connectivity index (χ0n) is 10.2. The molecule has 0 aromatic carbocycles. The van der Waals surface area contributed by atoms with Crippen LogP contribution in [0.1, 0.15) is 21.9 Å². The van der Waals surface area contributed by atoms with E-state index in [4.69, 9.17) is 0 Å². The van der Waals surface area contributed by atoms with E-state index in [1.807, 2.05) is 19.9 Å². The Bertz CT molecular complexity index is 587. The Labute approximate surface area is 113 Å². The summed E-state index contributed by atoms with van der Waals surface area (Å²) in [5.74, 6) is -0.0532. The van der Waals surface area contributed by atoms with E-state index in [1.165, 1.54) is 0 Å². The van der Waals surface area contributed by atoms with Crippen molar-refractivity contribution in [3.63, 3.8) is 0 Å². The lowest BCUT2D eigenvalue weighted by atomic mass is 10.3. The largest absolute Gasteiger partial charge is 0.289 e. The number of nitrogens with zero attached hydrogens (tertiary/aromatic N) is 4. The van der Waals surface area contributed by atoms with Crippen molar-refractivity contribution in [1.29, 1.82) is 0 Å². The van der Waals surface area contributed by atoms with Crippen LogP contribution in [0.3, 0.4) is 0 Å². The highest BCUT2D eigenvalue weighted by Crippen LogP contribution is 2.15. The van der Waals surface area contributed by atoms with Gasteiger partial charge in [-0.3, -0.25) is 14.8 Å². The predicted octanol–water partition coefficient (Wildman–Crippen LogP) is 1.84. The molecule has 1 N–H and O–H groups in total. The number of amides is 1. The van der Waals surface area contributed by atoms with Crippen molar-refractivity contribution in [3.05, 3.63) is 33.8 Å². The first kappa shape index (κ1) is 12.7. The van der Waals surface area contributed by atoms with Gasteiger partial charge in [0.15, 0.2) is 5.69 Å². The van der Waals surface area contributed by atoms with E-state index in [9.17, 15) is 4.79 Å². The van der Waals surface area contributed by atoms with Gasteiger partial charge in [0.25, 0.3) is 5.91 Å². The topological polar surface area (TPSA) is 72.7 Å². The van der Waals surface area contributed by atoms with Gasteiger partial charge in [0.05, 0.1) is 4.47 Å². The molecule has 0 aliphatic carbocycles. The van der Waals surface area contributed by atoms with Crippen molar-refractivity contribution >= 4 is 27.8 Å². The molecule has 0 unspecified atom stereocenters. The summed E-state index contributed by atoms with van der Waals surface area (Å²) in [6.45, 7) is 3.70. The van der Waals surface area contributed by atoms with Crippen LogP contribution in [-0.2, 0) is 7.05 Å². The summed E-state index contributed by atoms with van der Waals surface area (Å²) in [6.07, 6.45) is 1.71. The number of aromatic nitrogens is 4. The molecule has 2 aromatic rings. The minimum atomic E-state index is -0.340. The average Bonchev–Trinajstić information content (AvgIpc) is 2.56. The van der Waals surface area contributed by atoms with Crippen molar-refractivity contribution in [2.75, 3.05) is 5.32 Å². The highest BCUT2D eigenvalue weighted by atomic mass is 79.9. The van der Waals surface area contributed by atoms with Gasteiger partial charge < -0.3 is 0 Å². The smallest absolute Gasteiger partial charge is 0.279 e. The molecule has 18 heavy (non-hydrogen) atoms. The maximum atomic E-state index is 12.0. The van der Waals surface area contributed by atoms with E-state index in [2.05, 4.69) is 36.3 Å². The number of nitrogens with one attached hydrogen (secondary N) is 1. The lowest BCUT2D eigenvalue weighted by Gasteiger charge is -2.04. The Morgan fingerprint density at radius 3 is 2.44 bits per heavy atom. The molecule has 0 aliphatic heterocycles. The SMILES string of the molecule is Cc1cc(C)nc(NC(=O)c2nn(C)cc2Br)n1. The molecular formula is C11H12BrN5O. The summed E-state index contributed by atoms with van der Waals surface area (Å²) in [5.41, 5.74) is 1.91. The highest BCUT2D eigenvalue weighted by molar-refractivity contribution is 9.10. The van der Waals surface area contributed by atoms with Crippen LogP contribution in [0.4, 0.5) is 5.95 Å². The van der Waals surface area contributed by atoms with E-state index >= 15 is 0 Å². The molecule has 0 spiro atoms. The zero-order chi connectivity index (χ0) is 13.3. The second-order valence-corrected chi connectivity index (χ2v) is 4.78. The van der Waals surface area contributed by atoms with E-state index in [1.54, 1.807) is 17.9 Å². The average molecular weight is 310 g/mol. The summed E-state index contributed by atoms with van der Waals surface area (Å²) in [7, 11) is 1.74. The second kappa shape index (κ2) is 4.85. The molecule has 0 saturated carbocycles. The summed E-state index contributed by atoms with van der Waals surface area (Å²) >= 11 is 3.28. The van der Waals surface area contributed by atoms with E-state index in [0.29, 0.717) is 10.2 Å². The van der Waals surface area contributed by atoms with Gasteiger partial charge in [0.2, 0.25) is 5.95 Å². The fourth-order valence-electron chi connectivity index (χ4n) is 1.56. The minimum absolute atomic E-state index is 0.287. The van der Waals surface area contributed by atoms with Crippen molar-refractivity contribution in [2.24, 2.45) is 7.05 Å². The van der Waals surface area contributed by atoms with Crippen LogP contribution < -0.4 is 5.32 Å². The Hall–Kier alpha value is -1.76. The number of anilines is 1. The van der Waals surface area contributed by atoms with Crippen LogP contribution in [0.15, 0.2) is 16.7 Å². The molecule has 7 heteroatoms. The highest BCUT2D eigenvalue weighted by Gasteiger charge is 2.15. The summed E-state index contributed by atoms with van der Waals surface area (Å²) in [4.78, 5) is 20.3.